The molecule has 2 fully saturated rings. The van der Waals surface area contributed by atoms with E-state index in [-0.39, 0.29) is 57.2 Å². The highest BCUT2D eigenvalue weighted by Gasteiger charge is 2.65. The van der Waals surface area contributed by atoms with Gasteiger partial charge in [0.1, 0.15) is 24.1 Å². The van der Waals surface area contributed by atoms with Gasteiger partial charge in [0.15, 0.2) is 0 Å². The monoisotopic (exact) mass is 861 g/mol. The van der Waals surface area contributed by atoms with Crippen LogP contribution in [0.2, 0.25) is 0 Å². The third-order valence-corrected chi connectivity index (χ3v) is 12.2. The van der Waals surface area contributed by atoms with Crippen LogP contribution in [0.4, 0.5) is 9.59 Å². The van der Waals surface area contributed by atoms with Crippen molar-refractivity contribution in [1.29, 1.82) is 0 Å². The number of benzene rings is 2. The topological polar surface area (TPSA) is 167 Å². The number of aliphatic hydroxyl groups excluding tert-OH is 2. The van der Waals surface area contributed by atoms with Crippen molar-refractivity contribution in [2.75, 3.05) is 52.7 Å². The SMILES string of the molecule is C=CCO[C@@]12Oc3ccc(OC(=O)NCC)cc3[C@H]3[C@H](CCCCO)[C@@H](CCCCO)C=C(C(=NOC4CCCCO4)C[C@@H]1N(CCC)C(=O)OCCOCc1ccccc1)[C@H]32. The maximum atomic E-state index is 14.5. The summed E-state index contributed by atoms with van der Waals surface area (Å²) in [6, 6.07) is 14.5. The maximum absolute atomic E-state index is 14.5. The van der Waals surface area contributed by atoms with Crippen LogP contribution in [0.3, 0.4) is 0 Å². The first-order valence-corrected chi connectivity index (χ1v) is 22.7. The summed E-state index contributed by atoms with van der Waals surface area (Å²) in [5, 5.41) is 27.4. The van der Waals surface area contributed by atoms with Gasteiger partial charge in [-0.15, -0.1) is 6.58 Å². The predicted octanol–water partition coefficient (Wildman–Crippen LogP) is 8.02. The zero-order chi connectivity index (χ0) is 43.7. The first-order valence-electron chi connectivity index (χ1n) is 22.7. The van der Waals surface area contributed by atoms with Crippen LogP contribution in [0, 0.1) is 17.8 Å². The van der Waals surface area contributed by atoms with Crippen molar-refractivity contribution in [3.8, 4) is 11.5 Å². The van der Waals surface area contributed by atoms with Crippen LogP contribution in [0.25, 0.3) is 0 Å². The Hall–Kier alpha value is -4.47. The number of nitrogens with one attached hydrogen (secondary N) is 1. The normalized spacial score (nSPS) is 25.7. The van der Waals surface area contributed by atoms with Gasteiger partial charge in [0.2, 0.25) is 12.1 Å². The fraction of sp³-hybridized carbons (Fsp3) is 0.604. The molecule has 2 aliphatic carbocycles. The zero-order valence-corrected chi connectivity index (χ0v) is 36.5. The number of aliphatic hydroxyl groups is 2. The molecule has 62 heavy (non-hydrogen) atoms. The highest BCUT2D eigenvalue weighted by Crippen LogP contribution is 2.62. The summed E-state index contributed by atoms with van der Waals surface area (Å²) in [6.45, 7) is 10.1. The van der Waals surface area contributed by atoms with Crippen molar-refractivity contribution in [3.63, 3.8) is 0 Å². The molecule has 6 rings (SSSR count). The number of rotatable bonds is 23. The summed E-state index contributed by atoms with van der Waals surface area (Å²) in [5.41, 5.74) is 3.44. The largest absolute Gasteiger partial charge is 0.459 e. The molecule has 14 heteroatoms. The molecule has 0 bridgehead atoms. The van der Waals surface area contributed by atoms with Gasteiger partial charge in [-0.1, -0.05) is 67.4 Å². The molecule has 2 aliphatic heterocycles. The van der Waals surface area contributed by atoms with Crippen molar-refractivity contribution < 1.29 is 53.1 Å². The summed E-state index contributed by atoms with van der Waals surface area (Å²) < 4.78 is 37.9. The van der Waals surface area contributed by atoms with E-state index in [0.29, 0.717) is 69.2 Å². The summed E-state index contributed by atoms with van der Waals surface area (Å²) in [6.07, 6.45) is 10.3. The molecule has 1 saturated heterocycles. The van der Waals surface area contributed by atoms with Crippen LogP contribution < -0.4 is 14.8 Å². The lowest BCUT2D eigenvalue weighted by Crippen LogP contribution is -2.70. The number of fused-ring (bicyclic) bond motifs is 2. The number of allylic oxidation sites excluding steroid dienone is 1. The zero-order valence-electron chi connectivity index (χ0n) is 36.5. The van der Waals surface area contributed by atoms with Gasteiger partial charge in [0.05, 0.1) is 38.1 Å². The molecule has 0 aromatic heterocycles. The third kappa shape index (κ3) is 11.6. The second-order valence-corrected chi connectivity index (χ2v) is 16.4. The first kappa shape index (κ1) is 47.0. The van der Waals surface area contributed by atoms with Gasteiger partial charge in [-0.3, -0.25) is 4.90 Å². The molecule has 340 valence electrons. The van der Waals surface area contributed by atoms with Gasteiger partial charge >= 0.3 is 12.2 Å². The number of hydrogen-bond acceptors (Lipinski definition) is 12. The van der Waals surface area contributed by atoms with Crippen molar-refractivity contribution in [3.05, 3.63) is 84.0 Å². The first-order chi connectivity index (χ1) is 30.4. The van der Waals surface area contributed by atoms with E-state index in [0.717, 1.165) is 55.2 Å². The van der Waals surface area contributed by atoms with Gasteiger partial charge in [0.25, 0.3) is 0 Å². The average Bonchev–Trinajstić information content (AvgIpc) is 3.28. The minimum atomic E-state index is -1.46. The number of unbranched alkanes of at least 4 members (excludes halogenated alkanes) is 2. The van der Waals surface area contributed by atoms with E-state index in [1.165, 1.54) is 0 Å². The Kier molecular flexibility index (Phi) is 18.1. The number of ether oxygens (including phenoxy) is 6. The Morgan fingerprint density at radius 1 is 1.03 bits per heavy atom. The number of carbonyl (C=O) groups excluding carboxylic acids is 2. The van der Waals surface area contributed by atoms with E-state index in [1.54, 1.807) is 17.0 Å². The summed E-state index contributed by atoms with van der Waals surface area (Å²) in [4.78, 5) is 35.2. The fourth-order valence-corrected chi connectivity index (χ4v) is 9.57. The standard InChI is InChI=1S/C48H67N3O11/c1-4-23-51(47(55)58-29-28-56-33-34-16-8-7-9-17-34)42-32-40(50-62-43-20-12-15-27-57-43)38-30-35(18-10-13-24-52)37(19-11-14-25-53)44-39-31-36(60-46(54)49-6-3)21-22-41(39)61-48(42,45(38)44)59-26-5-2/h5,7-9,16-17,21-22,30-31,35,37,42-45,52-53H,2,4,6,10-15,18-20,23-29,32-33H2,1,3H3,(H,49,54)/t35-,37+,42-,43?,44+,45+,48+/m0/s1. The summed E-state index contributed by atoms with van der Waals surface area (Å²) >= 11 is 0. The smallest absolute Gasteiger partial charge is 0.412 e. The molecule has 2 amide bonds. The number of hydrogen-bond donors (Lipinski definition) is 3. The third-order valence-electron chi connectivity index (χ3n) is 12.2. The van der Waals surface area contributed by atoms with E-state index < -0.39 is 36.2 Å². The highest BCUT2D eigenvalue weighted by atomic mass is 16.8. The fourth-order valence-electron chi connectivity index (χ4n) is 9.57. The molecule has 4 aliphatic rings. The maximum Gasteiger partial charge on any atom is 0.412 e. The van der Waals surface area contributed by atoms with Crippen molar-refractivity contribution in [1.82, 2.24) is 10.2 Å². The van der Waals surface area contributed by atoms with Crippen molar-refractivity contribution in [2.24, 2.45) is 22.9 Å². The minimum Gasteiger partial charge on any atom is -0.459 e. The summed E-state index contributed by atoms with van der Waals surface area (Å²) in [5.74, 6) is -1.32. The molecule has 3 N–H and O–H groups in total. The molecular formula is C48H67N3O11. The van der Waals surface area contributed by atoms with Crippen LogP contribution >= 0.6 is 0 Å². The van der Waals surface area contributed by atoms with Gasteiger partial charge in [0, 0.05) is 50.6 Å². The van der Waals surface area contributed by atoms with E-state index in [2.05, 4.69) is 18.0 Å². The van der Waals surface area contributed by atoms with Crippen LogP contribution in [0.1, 0.15) is 102 Å². The second kappa shape index (κ2) is 23.8. The average molecular weight is 862 g/mol. The molecule has 2 heterocycles. The lowest BCUT2D eigenvalue weighted by atomic mass is 9.55. The van der Waals surface area contributed by atoms with Crippen LogP contribution in [-0.2, 0) is 30.4 Å². The number of oxime groups is 1. The van der Waals surface area contributed by atoms with Crippen LogP contribution in [0.5, 0.6) is 11.5 Å². The van der Waals surface area contributed by atoms with Gasteiger partial charge in [-0.05, 0) is 93.0 Å². The van der Waals surface area contributed by atoms with E-state index >= 15 is 0 Å². The minimum absolute atomic E-state index is 0.000923. The molecule has 14 nitrogen and oxygen atoms in total. The highest BCUT2D eigenvalue weighted by molar-refractivity contribution is 6.03. The Morgan fingerprint density at radius 2 is 1.84 bits per heavy atom. The van der Waals surface area contributed by atoms with Gasteiger partial charge in [-0.2, -0.15) is 0 Å². The van der Waals surface area contributed by atoms with Crippen molar-refractivity contribution in [2.45, 2.75) is 115 Å². The Balaban J connectivity index is 1.47. The number of amides is 2. The van der Waals surface area contributed by atoms with Gasteiger partial charge < -0.3 is 48.8 Å². The summed E-state index contributed by atoms with van der Waals surface area (Å²) in [7, 11) is 0. The molecule has 2 aromatic rings. The van der Waals surface area contributed by atoms with Crippen LogP contribution in [-0.4, -0.2) is 104 Å². The lowest BCUT2D eigenvalue weighted by molar-refractivity contribution is -0.255. The Bertz CT molecular complexity index is 1800. The second-order valence-electron chi connectivity index (χ2n) is 16.4. The van der Waals surface area contributed by atoms with E-state index in [9.17, 15) is 19.8 Å². The van der Waals surface area contributed by atoms with Crippen LogP contribution in [0.15, 0.2) is 78.0 Å². The molecule has 0 radical (unpaired) electrons. The van der Waals surface area contributed by atoms with E-state index in [1.807, 2.05) is 56.3 Å². The quantitative estimate of drug-likeness (QED) is 0.0563. The molecular weight excluding hydrogens is 795 g/mol. The van der Waals surface area contributed by atoms with E-state index in [4.69, 9.17) is 38.4 Å². The molecule has 7 atom stereocenters. The number of nitrogens with zero attached hydrogens (tertiary/aromatic N) is 2. The lowest BCUT2D eigenvalue weighted by Gasteiger charge is -2.59. The number of carbonyl (C=O) groups is 2. The molecule has 0 spiro atoms. The molecule has 1 saturated carbocycles. The molecule has 1 unspecified atom stereocenters. The molecule has 2 aromatic carbocycles. The Morgan fingerprint density at radius 3 is 2.56 bits per heavy atom. The van der Waals surface area contributed by atoms with Crippen molar-refractivity contribution >= 4 is 17.9 Å². The predicted molar refractivity (Wildman–Crippen MR) is 234 cm³/mol. The van der Waals surface area contributed by atoms with Gasteiger partial charge in [-0.25, -0.2) is 9.59 Å². The Labute approximate surface area is 366 Å².